The number of hydrogen-bond acceptors (Lipinski definition) is 1. The molecule has 0 spiro atoms. The summed E-state index contributed by atoms with van der Waals surface area (Å²) in [7, 11) is 0. The molecule has 1 heteroatoms. The molecule has 0 aliphatic heterocycles. The highest BCUT2D eigenvalue weighted by Crippen LogP contribution is 2.64. The van der Waals surface area contributed by atoms with Crippen molar-refractivity contribution in [3.63, 3.8) is 0 Å². The van der Waals surface area contributed by atoms with Crippen molar-refractivity contribution in [2.45, 2.75) is 77.7 Å². The lowest BCUT2D eigenvalue weighted by Gasteiger charge is -2.55. The van der Waals surface area contributed by atoms with Gasteiger partial charge >= 0.3 is 0 Å². The molecule has 22 heavy (non-hydrogen) atoms. The zero-order valence-electron chi connectivity index (χ0n) is 14.6. The SMILES string of the molecule is C=C(C)[C@H]1CC[C@H]2C[C@@H]3[C@H](CC[C@@H]4C[C@@H](O)CC[C@H]43)C[C@@]21C. The smallest absolute Gasteiger partial charge is 0.0543 e. The lowest BCUT2D eigenvalue weighted by Crippen LogP contribution is -2.47. The van der Waals surface area contributed by atoms with E-state index in [1.165, 1.54) is 50.5 Å². The van der Waals surface area contributed by atoms with Gasteiger partial charge in [-0.2, -0.15) is 0 Å². The molecular formula is C21H34O. The minimum Gasteiger partial charge on any atom is -0.393 e. The first kappa shape index (κ1) is 15.2. The number of hydrogen-bond donors (Lipinski definition) is 1. The Morgan fingerprint density at radius 3 is 2.50 bits per heavy atom. The molecule has 4 fully saturated rings. The lowest BCUT2D eigenvalue weighted by atomic mass is 9.50. The van der Waals surface area contributed by atoms with Crippen LogP contribution >= 0.6 is 0 Å². The predicted molar refractivity (Wildman–Crippen MR) is 91.4 cm³/mol. The van der Waals surface area contributed by atoms with Gasteiger partial charge in [0.2, 0.25) is 0 Å². The van der Waals surface area contributed by atoms with E-state index in [2.05, 4.69) is 20.4 Å². The van der Waals surface area contributed by atoms with Gasteiger partial charge in [0, 0.05) is 0 Å². The van der Waals surface area contributed by atoms with Crippen LogP contribution in [0.15, 0.2) is 12.2 Å². The van der Waals surface area contributed by atoms with Crippen molar-refractivity contribution >= 4 is 0 Å². The topological polar surface area (TPSA) is 20.2 Å². The van der Waals surface area contributed by atoms with E-state index in [-0.39, 0.29) is 6.10 Å². The minimum absolute atomic E-state index is 0.00549. The molecule has 4 saturated carbocycles. The quantitative estimate of drug-likeness (QED) is 0.661. The van der Waals surface area contributed by atoms with Crippen LogP contribution in [0.25, 0.3) is 0 Å². The van der Waals surface area contributed by atoms with Crippen molar-refractivity contribution in [2.75, 3.05) is 0 Å². The van der Waals surface area contributed by atoms with E-state index < -0.39 is 0 Å². The molecule has 0 bridgehead atoms. The fraction of sp³-hybridized carbons (Fsp3) is 0.905. The monoisotopic (exact) mass is 302 g/mol. The molecule has 0 saturated heterocycles. The van der Waals surface area contributed by atoms with Gasteiger partial charge in [-0.1, -0.05) is 19.1 Å². The van der Waals surface area contributed by atoms with Crippen LogP contribution in [0.1, 0.15) is 71.6 Å². The van der Waals surface area contributed by atoms with Crippen LogP contribution in [0, 0.1) is 40.9 Å². The van der Waals surface area contributed by atoms with Crippen LogP contribution in [-0.4, -0.2) is 11.2 Å². The van der Waals surface area contributed by atoms with Gasteiger partial charge in [0.25, 0.3) is 0 Å². The van der Waals surface area contributed by atoms with Crippen molar-refractivity contribution in [3.8, 4) is 0 Å². The van der Waals surface area contributed by atoms with Crippen molar-refractivity contribution in [2.24, 2.45) is 40.9 Å². The second-order valence-corrected chi connectivity index (χ2v) is 9.51. The maximum atomic E-state index is 10.0. The molecule has 4 aliphatic carbocycles. The van der Waals surface area contributed by atoms with Crippen molar-refractivity contribution in [1.82, 2.24) is 0 Å². The van der Waals surface area contributed by atoms with E-state index in [0.29, 0.717) is 5.41 Å². The van der Waals surface area contributed by atoms with Gasteiger partial charge in [-0.15, -0.1) is 0 Å². The molecule has 0 heterocycles. The van der Waals surface area contributed by atoms with Crippen LogP contribution in [-0.2, 0) is 0 Å². The number of aliphatic hydroxyl groups is 1. The van der Waals surface area contributed by atoms with Gasteiger partial charge in [-0.3, -0.25) is 0 Å². The van der Waals surface area contributed by atoms with Crippen LogP contribution in [0.2, 0.25) is 0 Å². The third-order valence-electron chi connectivity index (χ3n) is 8.46. The molecule has 8 atom stereocenters. The van der Waals surface area contributed by atoms with Gasteiger partial charge in [-0.25, -0.2) is 0 Å². The molecule has 1 N–H and O–H groups in total. The van der Waals surface area contributed by atoms with Crippen molar-refractivity contribution < 1.29 is 5.11 Å². The molecule has 0 aromatic carbocycles. The zero-order chi connectivity index (χ0) is 15.5. The average molecular weight is 303 g/mol. The number of fused-ring (bicyclic) bond motifs is 4. The number of aliphatic hydroxyl groups excluding tert-OH is 1. The highest BCUT2D eigenvalue weighted by atomic mass is 16.3. The third kappa shape index (κ3) is 2.22. The van der Waals surface area contributed by atoms with E-state index >= 15 is 0 Å². The Labute approximate surface area is 136 Å². The first-order valence-electron chi connectivity index (χ1n) is 9.82. The number of allylic oxidation sites excluding steroid dienone is 1. The van der Waals surface area contributed by atoms with E-state index in [4.69, 9.17) is 0 Å². The predicted octanol–water partition coefficient (Wildman–Crippen LogP) is 5.19. The van der Waals surface area contributed by atoms with Gasteiger partial charge in [0.05, 0.1) is 6.10 Å². The summed E-state index contributed by atoms with van der Waals surface area (Å²) in [5.74, 6) is 5.46. The molecule has 0 amide bonds. The highest BCUT2D eigenvalue weighted by Gasteiger charge is 2.55. The minimum atomic E-state index is 0.00549. The lowest BCUT2D eigenvalue weighted by molar-refractivity contribution is -0.0644. The third-order valence-corrected chi connectivity index (χ3v) is 8.46. The Kier molecular flexibility index (Phi) is 3.72. The van der Waals surface area contributed by atoms with Crippen molar-refractivity contribution in [3.05, 3.63) is 12.2 Å². The first-order valence-corrected chi connectivity index (χ1v) is 9.82. The molecule has 4 rings (SSSR count). The largest absolute Gasteiger partial charge is 0.393 e. The Morgan fingerprint density at radius 1 is 0.955 bits per heavy atom. The standard InChI is InChI=1S/C21H34O/c1-13(2)20-9-6-16-11-19-15(12-21(16,20)3)5-4-14-10-17(22)7-8-18(14)19/h14-20,22H,1,4-12H2,2-3H3/t14-,15-,16+,17+,18-,19-,20-,21+/m1/s1. The Hall–Kier alpha value is -0.300. The average Bonchev–Trinajstić information content (AvgIpc) is 2.80. The Bertz CT molecular complexity index is 455. The molecular weight excluding hydrogens is 268 g/mol. The summed E-state index contributed by atoms with van der Waals surface area (Å²) >= 11 is 0. The second-order valence-electron chi connectivity index (χ2n) is 9.51. The van der Waals surface area contributed by atoms with Gasteiger partial charge in [0.1, 0.15) is 0 Å². The van der Waals surface area contributed by atoms with Gasteiger partial charge < -0.3 is 5.11 Å². The Balaban J connectivity index is 1.55. The van der Waals surface area contributed by atoms with Crippen LogP contribution < -0.4 is 0 Å². The summed E-state index contributed by atoms with van der Waals surface area (Å²) < 4.78 is 0. The van der Waals surface area contributed by atoms with Crippen LogP contribution in [0.5, 0.6) is 0 Å². The summed E-state index contributed by atoms with van der Waals surface area (Å²) in [4.78, 5) is 0. The maximum absolute atomic E-state index is 10.0. The normalized spacial score (nSPS) is 54.2. The molecule has 0 aromatic rings. The van der Waals surface area contributed by atoms with Crippen molar-refractivity contribution in [1.29, 1.82) is 0 Å². The second kappa shape index (κ2) is 5.36. The summed E-state index contributed by atoms with van der Waals surface area (Å²) in [5.41, 5.74) is 1.99. The van der Waals surface area contributed by atoms with E-state index in [9.17, 15) is 5.11 Å². The maximum Gasteiger partial charge on any atom is 0.0543 e. The fourth-order valence-electron chi connectivity index (χ4n) is 7.48. The number of rotatable bonds is 1. The van der Waals surface area contributed by atoms with Gasteiger partial charge in [-0.05, 0) is 106 Å². The van der Waals surface area contributed by atoms with Gasteiger partial charge in [0.15, 0.2) is 0 Å². The first-order chi connectivity index (χ1) is 10.5. The van der Waals surface area contributed by atoms with E-state index in [0.717, 1.165) is 48.3 Å². The molecule has 4 aliphatic rings. The Morgan fingerprint density at radius 2 is 1.73 bits per heavy atom. The summed E-state index contributed by atoms with van der Waals surface area (Å²) in [6, 6.07) is 0. The van der Waals surface area contributed by atoms with E-state index in [1.54, 1.807) is 0 Å². The van der Waals surface area contributed by atoms with E-state index in [1.807, 2.05) is 0 Å². The highest BCUT2D eigenvalue weighted by molar-refractivity contribution is 5.13. The molecule has 124 valence electrons. The molecule has 0 aromatic heterocycles. The summed E-state index contributed by atoms with van der Waals surface area (Å²) in [6.45, 7) is 9.19. The van der Waals surface area contributed by atoms with Crippen LogP contribution in [0.4, 0.5) is 0 Å². The molecule has 0 unspecified atom stereocenters. The molecule has 1 nitrogen and oxygen atoms in total. The summed E-state index contributed by atoms with van der Waals surface area (Å²) in [5, 5.41) is 10.0. The molecule has 0 radical (unpaired) electrons. The fourth-order valence-corrected chi connectivity index (χ4v) is 7.48. The summed E-state index contributed by atoms with van der Waals surface area (Å²) in [6.07, 6.45) is 12.1. The zero-order valence-corrected chi connectivity index (χ0v) is 14.6. The van der Waals surface area contributed by atoms with Crippen LogP contribution in [0.3, 0.4) is 0 Å².